The van der Waals surface area contributed by atoms with E-state index < -0.39 is 94.6 Å². The molecule has 0 nitrogen and oxygen atoms in total. The van der Waals surface area contributed by atoms with E-state index in [1.807, 2.05) is 0 Å². The molecule has 0 aliphatic carbocycles. The van der Waals surface area contributed by atoms with Crippen LogP contribution in [0.15, 0.2) is 0 Å². The van der Waals surface area contributed by atoms with E-state index in [0.29, 0.717) is 0 Å². The zero-order chi connectivity index (χ0) is 40.8. The maximum absolute atomic E-state index is 2.95. The number of hydrogen-bond acceptors (Lipinski definition) is 0. The zero-order valence-electron chi connectivity index (χ0n) is 40.6. The third kappa shape index (κ3) is 9.48. The van der Waals surface area contributed by atoms with E-state index in [0.717, 1.165) is 41.3 Å². The van der Waals surface area contributed by atoms with Crippen LogP contribution < -0.4 is 0 Å². The Hall–Kier alpha value is 2.60. The molecule has 1 rings (SSSR count). The summed E-state index contributed by atoms with van der Waals surface area (Å²) < 4.78 is 0. The predicted molar refractivity (Wildman–Crippen MR) is 274 cm³/mol. The summed E-state index contributed by atoms with van der Waals surface area (Å²) in [6.07, 6.45) is 0. The van der Waals surface area contributed by atoms with Crippen molar-refractivity contribution in [2.24, 2.45) is 0 Å². The number of rotatable bonds is 16. The smallest absolute Gasteiger partial charge is 0.0578 e. The second-order valence-corrected chi connectivity index (χ2v) is 103. The standard InChI is InChI=1S/C38H98Si12/c1-31(2)49(35(41(7,8)9)42(10,11)12,36(43(13,14)15)44(16,17)18)39-33(5)34(6)40(39)50(32(3)4,37(45(19,20)21)46(22,23)24)38(47(25,26)27)48(28,29)30/h31-38H,1-30H3. The lowest BCUT2D eigenvalue weighted by Crippen LogP contribution is -2.84. The van der Waals surface area contributed by atoms with Crippen LogP contribution in [0.3, 0.4) is 0 Å². The van der Waals surface area contributed by atoms with E-state index in [1.54, 1.807) is 0 Å². The zero-order valence-corrected chi connectivity index (χ0v) is 52.6. The number of hydrogen-bond donors (Lipinski definition) is 0. The van der Waals surface area contributed by atoms with Crippen molar-refractivity contribution in [2.75, 3.05) is 0 Å². The van der Waals surface area contributed by atoms with Gasteiger partial charge in [0.05, 0.1) is 15.2 Å². The van der Waals surface area contributed by atoms with Crippen LogP contribution >= 0.6 is 0 Å². The van der Waals surface area contributed by atoms with Crippen molar-refractivity contribution in [1.29, 1.82) is 0 Å². The van der Waals surface area contributed by atoms with E-state index in [2.05, 4.69) is 199 Å². The van der Waals surface area contributed by atoms with Crippen molar-refractivity contribution < 1.29 is 0 Å². The van der Waals surface area contributed by atoms with Crippen LogP contribution in [0.5, 0.6) is 0 Å². The van der Waals surface area contributed by atoms with Gasteiger partial charge in [0.1, 0.15) is 0 Å². The second-order valence-electron chi connectivity index (χ2n) is 27.2. The van der Waals surface area contributed by atoms with Crippen LogP contribution in [-0.2, 0) is 0 Å². The molecule has 0 bridgehead atoms. The van der Waals surface area contributed by atoms with Gasteiger partial charge in [-0.1, -0.05) is 229 Å². The highest BCUT2D eigenvalue weighted by Crippen LogP contribution is 2.65. The minimum Gasteiger partial charge on any atom is -0.0698 e. The molecular formula is C38H98Si12. The molecule has 1 heterocycles. The van der Waals surface area contributed by atoms with Crippen LogP contribution in [0.4, 0.5) is 0 Å². The molecule has 2 atom stereocenters. The maximum atomic E-state index is 2.95. The summed E-state index contributed by atoms with van der Waals surface area (Å²) in [5.41, 5.74) is 4.00. The molecule has 0 aromatic carbocycles. The molecule has 0 spiro atoms. The van der Waals surface area contributed by atoms with Crippen molar-refractivity contribution >= 4 is 94.6 Å². The van der Waals surface area contributed by atoms with Gasteiger partial charge < -0.3 is 0 Å². The third-order valence-electron chi connectivity index (χ3n) is 13.6. The second kappa shape index (κ2) is 15.4. The van der Waals surface area contributed by atoms with Gasteiger partial charge >= 0.3 is 0 Å². The first-order chi connectivity index (χ1) is 21.4. The Morgan fingerprint density at radius 2 is 0.400 bits per heavy atom. The molecule has 0 aromatic rings. The molecular weight excluding hydrogens is 793 g/mol. The van der Waals surface area contributed by atoms with Crippen molar-refractivity contribution in [2.45, 2.75) is 240 Å². The van der Waals surface area contributed by atoms with Crippen molar-refractivity contribution in [3.8, 4) is 0 Å². The van der Waals surface area contributed by atoms with Gasteiger partial charge in [0.15, 0.2) is 0 Å². The van der Waals surface area contributed by atoms with E-state index >= 15 is 0 Å². The van der Waals surface area contributed by atoms with E-state index in [4.69, 9.17) is 0 Å². The minimum absolute atomic E-state index is 0.535. The summed E-state index contributed by atoms with van der Waals surface area (Å²) in [5, 5.41) is 0. The maximum Gasteiger partial charge on any atom is 0.0578 e. The molecule has 2 unspecified atom stereocenters. The summed E-state index contributed by atoms with van der Waals surface area (Å²) in [6.45, 7) is 87.6. The highest BCUT2D eigenvalue weighted by Gasteiger charge is 2.72. The van der Waals surface area contributed by atoms with Crippen LogP contribution in [0.25, 0.3) is 0 Å². The molecule has 0 saturated carbocycles. The first kappa shape index (κ1) is 50.6. The Kier molecular flexibility index (Phi) is 15.6. The Balaban J connectivity index is 5.42. The Bertz CT molecular complexity index is 982. The minimum atomic E-state index is -1.85. The lowest BCUT2D eigenvalue weighted by atomic mass is 10.4. The lowest BCUT2D eigenvalue weighted by molar-refractivity contribution is 0.827. The van der Waals surface area contributed by atoms with Gasteiger partial charge in [0, 0.05) is 64.6 Å². The van der Waals surface area contributed by atoms with Gasteiger partial charge in [0.2, 0.25) is 0 Å². The van der Waals surface area contributed by atoms with Crippen molar-refractivity contribution in [3.05, 3.63) is 0 Å². The quantitative estimate of drug-likeness (QED) is 0.135. The first-order valence-electron chi connectivity index (χ1n) is 21.2. The van der Waals surface area contributed by atoms with Crippen LogP contribution in [-0.4, -0.2) is 94.6 Å². The SMILES string of the molecule is CC1C(C)[Si]([Si](C(C)C)(C([Si](C)(C)C)[Si](C)(C)C)C([Si](C)(C)C)[Si](C)(C)C)=[Si]1[Si](C(C)C)(C([Si](C)(C)C)[Si](C)(C)C)C([Si](C)(C)C)[Si](C)(C)C. The summed E-state index contributed by atoms with van der Waals surface area (Å²) in [5.74, 6) is 0. The Morgan fingerprint density at radius 3 is 0.480 bits per heavy atom. The van der Waals surface area contributed by atoms with Crippen LogP contribution in [0, 0.1) is 0 Å². The van der Waals surface area contributed by atoms with Gasteiger partial charge in [-0.15, -0.1) is 0 Å². The highest BCUT2D eigenvalue weighted by molar-refractivity contribution is 7.66. The van der Waals surface area contributed by atoms with E-state index in [1.165, 1.54) is 0 Å². The molecule has 0 N–H and O–H groups in total. The summed E-state index contributed by atoms with van der Waals surface area (Å²) >= 11 is 0. The first-order valence-corrected chi connectivity index (χ1v) is 60.4. The predicted octanol–water partition coefficient (Wildman–Crippen LogP) is 15.2. The fourth-order valence-electron chi connectivity index (χ4n) is 16.0. The van der Waals surface area contributed by atoms with Crippen LogP contribution in [0.2, 0.25) is 198 Å². The molecule has 298 valence electrons. The molecule has 1 aliphatic heterocycles. The largest absolute Gasteiger partial charge is 0.0698 e. The molecule has 0 aromatic heterocycles. The molecule has 1 aliphatic rings. The normalized spacial score (nSPS) is 20.4. The average molecular weight is 892 g/mol. The van der Waals surface area contributed by atoms with Gasteiger partial charge in [-0.2, -0.15) is 0 Å². The summed E-state index contributed by atoms with van der Waals surface area (Å²) in [6, 6.07) is 0. The highest BCUT2D eigenvalue weighted by atomic mass is 29.6. The van der Waals surface area contributed by atoms with Gasteiger partial charge in [-0.25, -0.2) is 0 Å². The Morgan fingerprint density at radius 1 is 0.280 bits per heavy atom. The van der Waals surface area contributed by atoms with E-state index in [9.17, 15) is 0 Å². The molecule has 50 heavy (non-hydrogen) atoms. The lowest BCUT2D eigenvalue weighted by Gasteiger charge is -2.71. The van der Waals surface area contributed by atoms with Gasteiger partial charge in [0.25, 0.3) is 0 Å². The van der Waals surface area contributed by atoms with Gasteiger partial charge in [-0.05, 0) is 25.9 Å². The van der Waals surface area contributed by atoms with E-state index in [-0.39, 0.29) is 0 Å². The fraction of sp³-hybridized carbons (Fsp3) is 1.00. The fourth-order valence-corrected chi connectivity index (χ4v) is 239. The monoisotopic (exact) mass is 890 g/mol. The third-order valence-corrected chi connectivity index (χ3v) is 135. The Labute approximate surface area is 332 Å². The molecule has 0 fully saturated rings. The summed E-state index contributed by atoms with van der Waals surface area (Å²) in [7, 11) is -16.7. The van der Waals surface area contributed by atoms with Gasteiger partial charge in [-0.3, -0.25) is 0 Å². The average Bonchev–Trinajstić information content (AvgIpc) is 2.72. The molecule has 0 amide bonds. The van der Waals surface area contributed by atoms with Crippen molar-refractivity contribution in [3.63, 3.8) is 0 Å². The molecule has 0 saturated heterocycles. The topological polar surface area (TPSA) is 0 Å². The summed E-state index contributed by atoms with van der Waals surface area (Å²) in [4.78, 5) is 4.62. The molecule has 0 radical (unpaired) electrons. The van der Waals surface area contributed by atoms with Crippen LogP contribution in [0.1, 0.15) is 41.5 Å². The van der Waals surface area contributed by atoms with Crippen molar-refractivity contribution in [1.82, 2.24) is 0 Å². The molecule has 12 heteroatoms.